The van der Waals surface area contributed by atoms with Gasteiger partial charge in [-0.05, 0) is 37.0 Å². The zero-order chi connectivity index (χ0) is 19.0. The van der Waals surface area contributed by atoms with E-state index in [1.165, 1.54) is 0 Å². The van der Waals surface area contributed by atoms with Crippen LogP contribution in [0.3, 0.4) is 0 Å². The molecule has 2 saturated heterocycles. The number of H-pyrrole nitrogens is 1. The molecule has 5 rings (SSSR count). The van der Waals surface area contributed by atoms with E-state index in [4.69, 9.17) is 0 Å². The van der Waals surface area contributed by atoms with Crippen molar-refractivity contribution < 1.29 is 4.79 Å². The minimum absolute atomic E-state index is 0.100. The van der Waals surface area contributed by atoms with Gasteiger partial charge in [-0.15, -0.1) is 0 Å². The van der Waals surface area contributed by atoms with Crippen molar-refractivity contribution in [1.82, 2.24) is 29.8 Å². The second-order valence-corrected chi connectivity index (χ2v) is 7.94. The number of imidazole rings is 1. The van der Waals surface area contributed by atoms with Crippen molar-refractivity contribution in [3.8, 4) is 0 Å². The molecular weight excluding hydrogens is 354 g/mol. The Balaban J connectivity index is 1.35. The Bertz CT molecular complexity index is 988. The molecule has 2 fully saturated rings. The topological polar surface area (TPSA) is 90.9 Å². The first-order valence-electron chi connectivity index (χ1n) is 9.79. The predicted octanol–water partition coefficient (Wildman–Crippen LogP) is 2.16. The first-order chi connectivity index (χ1) is 13.7. The number of amides is 1. The molecule has 0 aliphatic carbocycles. The Morgan fingerprint density at radius 2 is 2.04 bits per heavy atom. The number of aromatic nitrogens is 5. The van der Waals surface area contributed by atoms with E-state index in [1.807, 2.05) is 17.0 Å². The van der Waals surface area contributed by atoms with Gasteiger partial charge in [-0.1, -0.05) is 0 Å². The van der Waals surface area contributed by atoms with Crippen molar-refractivity contribution in [2.24, 2.45) is 5.41 Å². The van der Waals surface area contributed by atoms with Gasteiger partial charge in [0.25, 0.3) is 0 Å². The van der Waals surface area contributed by atoms with Gasteiger partial charge in [-0.3, -0.25) is 9.78 Å². The number of fused-ring (bicyclic) bond motifs is 1. The quantitative estimate of drug-likeness (QED) is 0.752. The molecule has 2 aliphatic heterocycles. The third-order valence-corrected chi connectivity index (χ3v) is 5.98. The average Bonchev–Trinajstić information content (AvgIpc) is 3.20. The van der Waals surface area contributed by atoms with Crippen molar-refractivity contribution in [2.45, 2.75) is 32.2 Å². The van der Waals surface area contributed by atoms with E-state index < -0.39 is 0 Å². The fraction of sp³-hybridized carbons (Fsp3) is 0.450. The molecule has 28 heavy (non-hydrogen) atoms. The molecule has 8 nitrogen and oxygen atoms in total. The molecule has 5 heterocycles. The van der Waals surface area contributed by atoms with E-state index in [0.717, 1.165) is 55.9 Å². The molecule has 1 atom stereocenters. The molecular formula is C20H23N7O. The van der Waals surface area contributed by atoms with E-state index in [1.54, 1.807) is 24.9 Å². The zero-order valence-electron chi connectivity index (χ0n) is 15.7. The number of carbonyl (C=O) groups excluding carboxylic acids is 1. The number of aromatic amines is 1. The average molecular weight is 377 g/mol. The summed E-state index contributed by atoms with van der Waals surface area (Å²) in [5, 5.41) is 0. The van der Waals surface area contributed by atoms with Crippen LogP contribution in [0.25, 0.3) is 11.2 Å². The second kappa shape index (κ2) is 6.85. The molecule has 8 heteroatoms. The normalized spacial score (nSPS) is 22.9. The van der Waals surface area contributed by atoms with Gasteiger partial charge in [-0.2, -0.15) is 4.98 Å². The van der Waals surface area contributed by atoms with Gasteiger partial charge >= 0.3 is 0 Å². The summed E-state index contributed by atoms with van der Waals surface area (Å²) in [6.07, 6.45) is 10.8. The van der Waals surface area contributed by atoms with Crippen molar-refractivity contribution in [3.63, 3.8) is 0 Å². The molecule has 0 bridgehead atoms. The molecule has 3 aromatic rings. The number of carbonyl (C=O) groups is 1. The number of piperidine rings is 2. The van der Waals surface area contributed by atoms with Crippen LogP contribution >= 0.6 is 0 Å². The number of hydrogen-bond donors (Lipinski definition) is 1. The Morgan fingerprint density at radius 3 is 2.93 bits per heavy atom. The minimum atomic E-state index is 0.100. The lowest BCUT2D eigenvalue weighted by Crippen LogP contribution is -2.54. The lowest BCUT2D eigenvalue weighted by atomic mass is 9.73. The van der Waals surface area contributed by atoms with Crippen molar-refractivity contribution >= 4 is 23.0 Å². The fourth-order valence-corrected chi connectivity index (χ4v) is 4.55. The van der Waals surface area contributed by atoms with Gasteiger partial charge in [0.05, 0.1) is 12.5 Å². The summed E-state index contributed by atoms with van der Waals surface area (Å²) in [7, 11) is 0. The minimum Gasteiger partial charge on any atom is -0.342 e. The Morgan fingerprint density at radius 1 is 1.14 bits per heavy atom. The van der Waals surface area contributed by atoms with Gasteiger partial charge in [0.1, 0.15) is 5.52 Å². The van der Waals surface area contributed by atoms with Gasteiger partial charge in [0.15, 0.2) is 5.65 Å². The highest BCUT2D eigenvalue weighted by molar-refractivity contribution is 5.77. The molecule has 144 valence electrons. The summed E-state index contributed by atoms with van der Waals surface area (Å²) >= 11 is 0. The number of pyridine rings is 1. The Kier molecular flexibility index (Phi) is 4.18. The van der Waals surface area contributed by atoms with Crippen LogP contribution in [-0.4, -0.2) is 55.4 Å². The van der Waals surface area contributed by atoms with Crippen LogP contribution in [-0.2, 0) is 11.3 Å². The maximum atomic E-state index is 12.6. The van der Waals surface area contributed by atoms with Crippen LogP contribution in [0, 0.1) is 5.41 Å². The summed E-state index contributed by atoms with van der Waals surface area (Å²) < 4.78 is 0. The summed E-state index contributed by atoms with van der Waals surface area (Å²) in [5.74, 6) is 0.977. The zero-order valence-corrected chi connectivity index (χ0v) is 15.7. The molecule has 0 aromatic carbocycles. The highest BCUT2D eigenvalue weighted by atomic mass is 16.2. The largest absolute Gasteiger partial charge is 0.342 e. The van der Waals surface area contributed by atoms with Crippen LogP contribution in [0.2, 0.25) is 0 Å². The molecule has 1 N–H and O–H groups in total. The van der Waals surface area contributed by atoms with Crippen molar-refractivity contribution in [3.05, 3.63) is 42.6 Å². The maximum absolute atomic E-state index is 12.6. The van der Waals surface area contributed by atoms with E-state index in [9.17, 15) is 4.79 Å². The first-order valence-corrected chi connectivity index (χ1v) is 9.79. The molecule has 0 radical (unpaired) electrons. The van der Waals surface area contributed by atoms with Crippen LogP contribution < -0.4 is 4.90 Å². The number of anilines is 1. The number of nitrogens with zero attached hydrogens (tertiary/aromatic N) is 6. The number of likely N-dealkylation sites (tertiary alicyclic amines) is 1. The number of hydrogen-bond acceptors (Lipinski definition) is 6. The molecule has 1 spiro atoms. The van der Waals surface area contributed by atoms with Crippen LogP contribution in [0.15, 0.2) is 37.1 Å². The van der Waals surface area contributed by atoms with Crippen LogP contribution in [0.4, 0.5) is 5.95 Å². The third-order valence-electron chi connectivity index (χ3n) is 5.98. The molecule has 0 unspecified atom stereocenters. The van der Waals surface area contributed by atoms with Crippen LogP contribution in [0.5, 0.6) is 0 Å². The Labute approximate surface area is 163 Å². The second-order valence-electron chi connectivity index (χ2n) is 7.94. The first kappa shape index (κ1) is 17.1. The van der Waals surface area contributed by atoms with E-state index in [2.05, 4.69) is 29.8 Å². The summed E-state index contributed by atoms with van der Waals surface area (Å²) in [4.78, 5) is 37.4. The maximum Gasteiger partial charge on any atom is 0.227 e. The number of rotatable bonds is 3. The molecule has 0 saturated carbocycles. The molecule has 3 aromatic heterocycles. The molecule has 1 amide bonds. The van der Waals surface area contributed by atoms with Gasteiger partial charge in [0, 0.05) is 50.4 Å². The summed E-state index contributed by atoms with van der Waals surface area (Å²) in [6, 6.07) is 3.96. The lowest BCUT2D eigenvalue weighted by Gasteiger charge is -2.48. The SMILES string of the molecule is O=C1CC[C@@]2(CCCN(c3ncc4[nH]cnc4n3)C2)CN1Cc1ccncc1. The smallest absolute Gasteiger partial charge is 0.227 e. The van der Waals surface area contributed by atoms with Crippen molar-refractivity contribution in [2.75, 3.05) is 24.5 Å². The van der Waals surface area contributed by atoms with Gasteiger partial charge < -0.3 is 14.8 Å². The van der Waals surface area contributed by atoms with Crippen LogP contribution in [0.1, 0.15) is 31.2 Å². The summed E-state index contributed by atoms with van der Waals surface area (Å²) in [5.41, 5.74) is 2.77. The summed E-state index contributed by atoms with van der Waals surface area (Å²) in [6.45, 7) is 3.26. The predicted molar refractivity (Wildman–Crippen MR) is 104 cm³/mol. The van der Waals surface area contributed by atoms with E-state index in [0.29, 0.717) is 18.6 Å². The van der Waals surface area contributed by atoms with Gasteiger partial charge in [-0.25, -0.2) is 9.97 Å². The van der Waals surface area contributed by atoms with Crippen molar-refractivity contribution in [1.29, 1.82) is 0 Å². The fourth-order valence-electron chi connectivity index (χ4n) is 4.55. The molecule has 2 aliphatic rings. The highest BCUT2D eigenvalue weighted by Gasteiger charge is 2.42. The van der Waals surface area contributed by atoms with Gasteiger partial charge in [0.2, 0.25) is 11.9 Å². The Hall–Kier alpha value is -3.03. The third kappa shape index (κ3) is 3.19. The van der Waals surface area contributed by atoms with E-state index in [-0.39, 0.29) is 11.3 Å². The number of nitrogens with one attached hydrogen (secondary N) is 1. The monoisotopic (exact) mass is 377 g/mol. The van der Waals surface area contributed by atoms with E-state index >= 15 is 0 Å². The lowest BCUT2D eigenvalue weighted by molar-refractivity contribution is -0.138. The standard InChI is InChI=1S/C20H23N7O/c28-17-2-6-20(13-27(17)11-15-3-7-21-8-4-15)5-1-9-26(12-20)19-22-10-16-18(25-19)24-14-23-16/h3-4,7-8,10,14H,1-2,5-6,9,11-13H2,(H,22,23,24,25)/t20-/m1/s1. The highest BCUT2D eigenvalue weighted by Crippen LogP contribution is 2.40.